The highest BCUT2D eigenvalue weighted by atomic mass is 16.5. The Morgan fingerprint density at radius 2 is 2.05 bits per heavy atom. The van der Waals surface area contributed by atoms with Crippen molar-refractivity contribution in [1.82, 2.24) is 5.32 Å². The first-order chi connectivity index (χ1) is 10.1. The Labute approximate surface area is 125 Å². The van der Waals surface area contributed by atoms with Crippen LogP contribution < -0.4 is 15.8 Å². The molecule has 4 heteroatoms. The molecule has 3 N–H and O–H groups in total. The number of ether oxygens (including phenoxy) is 1. The van der Waals surface area contributed by atoms with E-state index in [0.29, 0.717) is 13.1 Å². The second-order valence-electron chi connectivity index (χ2n) is 5.11. The Hall–Kier alpha value is -2.07. The number of nitrogens with two attached hydrogens (primary N) is 1. The van der Waals surface area contributed by atoms with Crippen molar-refractivity contribution in [2.24, 2.45) is 5.73 Å². The van der Waals surface area contributed by atoms with Gasteiger partial charge in [-0.2, -0.15) is 0 Å². The molecule has 112 valence electrons. The minimum absolute atomic E-state index is 0.00463. The summed E-state index contributed by atoms with van der Waals surface area (Å²) in [4.78, 5) is 11.0. The molecule has 0 fully saturated rings. The number of carbonyl (C=O) groups is 1. The summed E-state index contributed by atoms with van der Waals surface area (Å²) in [5.41, 5.74) is 8.10. The first kappa shape index (κ1) is 15.3. The first-order valence-electron chi connectivity index (χ1n) is 7.18. The van der Waals surface area contributed by atoms with Crippen LogP contribution in [0, 0.1) is 0 Å². The number of nitrogens with one attached hydrogen (secondary N) is 1. The van der Waals surface area contributed by atoms with E-state index >= 15 is 0 Å². The van der Waals surface area contributed by atoms with Crippen molar-refractivity contribution in [2.75, 3.05) is 20.2 Å². The molecule has 4 nitrogen and oxygen atoms in total. The fraction of sp³-hybridized carbons (Fsp3) is 0.353. The number of methoxy groups -OCH3 is 1. The lowest BCUT2D eigenvalue weighted by Gasteiger charge is -2.12. The van der Waals surface area contributed by atoms with Gasteiger partial charge in [0.05, 0.1) is 7.11 Å². The van der Waals surface area contributed by atoms with E-state index < -0.39 is 0 Å². The summed E-state index contributed by atoms with van der Waals surface area (Å²) in [5, 5.41) is 5.19. The molecule has 0 heterocycles. The highest BCUT2D eigenvalue weighted by molar-refractivity contribution is 5.88. The monoisotopic (exact) mass is 286 g/mol. The Kier molecular flexibility index (Phi) is 5.17. The number of amides is 1. The fourth-order valence-electron chi connectivity index (χ4n) is 2.50. The molecule has 0 bridgehead atoms. The number of hydrogen-bond acceptors (Lipinski definition) is 3. The van der Waals surface area contributed by atoms with E-state index in [0.717, 1.165) is 18.6 Å². The summed E-state index contributed by atoms with van der Waals surface area (Å²) in [6.45, 7) is 2.80. The molecular weight excluding hydrogens is 264 g/mol. The van der Waals surface area contributed by atoms with Gasteiger partial charge in [-0.15, -0.1) is 0 Å². The van der Waals surface area contributed by atoms with Crippen molar-refractivity contribution in [1.29, 1.82) is 0 Å². The van der Waals surface area contributed by atoms with Gasteiger partial charge in [0.1, 0.15) is 5.75 Å². The number of fused-ring (bicyclic) bond motifs is 1. The zero-order valence-corrected chi connectivity index (χ0v) is 12.6. The molecule has 0 saturated heterocycles. The Morgan fingerprint density at radius 3 is 2.71 bits per heavy atom. The van der Waals surface area contributed by atoms with Crippen LogP contribution in [0.25, 0.3) is 10.8 Å². The predicted molar refractivity (Wildman–Crippen MR) is 85.6 cm³/mol. The van der Waals surface area contributed by atoms with Crippen molar-refractivity contribution < 1.29 is 9.53 Å². The van der Waals surface area contributed by atoms with Gasteiger partial charge in [-0.3, -0.25) is 4.79 Å². The van der Waals surface area contributed by atoms with Gasteiger partial charge in [-0.25, -0.2) is 0 Å². The average Bonchev–Trinajstić information content (AvgIpc) is 2.46. The minimum Gasteiger partial charge on any atom is -0.497 e. The highest BCUT2D eigenvalue weighted by Crippen LogP contribution is 2.26. The van der Waals surface area contributed by atoms with Crippen LogP contribution in [0.4, 0.5) is 0 Å². The van der Waals surface area contributed by atoms with Gasteiger partial charge in [-0.05, 0) is 53.4 Å². The van der Waals surface area contributed by atoms with Crippen molar-refractivity contribution in [3.8, 4) is 5.75 Å². The van der Waals surface area contributed by atoms with Crippen LogP contribution in [-0.2, 0) is 17.6 Å². The van der Waals surface area contributed by atoms with E-state index in [-0.39, 0.29) is 5.91 Å². The molecule has 2 rings (SSSR count). The SMILES string of the molecule is COc1ccc2cc(CCN)cc(CCNC(C)=O)c2c1. The van der Waals surface area contributed by atoms with Gasteiger partial charge in [-0.1, -0.05) is 18.2 Å². The zero-order chi connectivity index (χ0) is 15.2. The summed E-state index contributed by atoms with van der Waals surface area (Å²) in [6, 6.07) is 10.4. The predicted octanol–water partition coefficient (Wildman–Crippen LogP) is 2.03. The van der Waals surface area contributed by atoms with Crippen LogP contribution >= 0.6 is 0 Å². The molecule has 1 amide bonds. The standard InChI is InChI=1S/C17H22N2O2/c1-12(20)19-8-6-15-10-13(5-7-18)9-14-3-4-16(21-2)11-17(14)15/h3-4,9-11H,5-8,18H2,1-2H3,(H,19,20). The van der Waals surface area contributed by atoms with E-state index in [9.17, 15) is 4.79 Å². The third kappa shape index (κ3) is 3.95. The minimum atomic E-state index is -0.00463. The van der Waals surface area contributed by atoms with Crippen molar-refractivity contribution in [3.63, 3.8) is 0 Å². The Bertz CT molecular complexity index is 638. The molecular formula is C17H22N2O2. The number of carbonyl (C=O) groups excluding carboxylic acids is 1. The lowest BCUT2D eigenvalue weighted by molar-refractivity contribution is -0.118. The van der Waals surface area contributed by atoms with Gasteiger partial charge in [0.2, 0.25) is 5.91 Å². The topological polar surface area (TPSA) is 64.3 Å². The number of benzene rings is 2. The molecule has 0 saturated carbocycles. The summed E-state index contributed by atoms with van der Waals surface area (Å²) in [5.74, 6) is 0.838. The van der Waals surface area contributed by atoms with E-state index in [1.807, 2.05) is 12.1 Å². The maximum atomic E-state index is 11.0. The molecule has 0 radical (unpaired) electrons. The largest absolute Gasteiger partial charge is 0.497 e. The summed E-state index contributed by atoms with van der Waals surface area (Å²) in [7, 11) is 1.67. The van der Waals surface area contributed by atoms with Gasteiger partial charge < -0.3 is 15.8 Å². The summed E-state index contributed by atoms with van der Waals surface area (Å²) in [6.07, 6.45) is 1.65. The van der Waals surface area contributed by atoms with Crippen molar-refractivity contribution in [3.05, 3.63) is 41.5 Å². The van der Waals surface area contributed by atoms with Gasteiger partial charge in [0, 0.05) is 13.5 Å². The Morgan fingerprint density at radius 1 is 1.24 bits per heavy atom. The maximum absolute atomic E-state index is 11.0. The summed E-state index contributed by atoms with van der Waals surface area (Å²) < 4.78 is 5.31. The quantitative estimate of drug-likeness (QED) is 0.854. The smallest absolute Gasteiger partial charge is 0.216 e. The molecule has 0 aliphatic heterocycles. The molecule has 0 atom stereocenters. The Balaban J connectivity index is 2.38. The van der Waals surface area contributed by atoms with Crippen LogP contribution in [0.15, 0.2) is 30.3 Å². The third-order valence-electron chi connectivity index (χ3n) is 3.51. The average molecular weight is 286 g/mol. The first-order valence-corrected chi connectivity index (χ1v) is 7.18. The zero-order valence-electron chi connectivity index (χ0n) is 12.6. The van der Waals surface area contributed by atoms with Gasteiger partial charge in [0.15, 0.2) is 0 Å². The van der Waals surface area contributed by atoms with Crippen LogP contribution in [-0.4, -0.2) is 26.1 Å². The molecule has 0 aromatic heterocycles. The molecule has 0 aliphatic carbocycles. The van der Waals surface area contributed by atoms with Crippen molar-refractivity contribution in [2.45, 2.75) is 19.8 Å². The normalized spacial score (nSPS) is 10.6. The van der Waals surface area contributed by atoms with Crippen LogP contribution in [0.5, 0.6) is 5.75 Å². The second kappa shape index (κ2) is 7.09. The van der Waals surface area contributed by atoms with E-state index in [2.05, 4.69) is 23.5 Å². The molecule has 21 heavy (non-hydrogen) atoms. The van der Waals surface area contributed by atoms with E-state index in [4.69, 9.17) is 10.5 Å². The highest BCUT2D eigenvalue weighted by Gasteiger charge is 2.06. The van der Waals surface area contributed by atoms with Crippen LogP contribution in [0.2, 0.25) is 0 Å². The van der Waals surface area contributed by atoms with Crippen molar-refractivity contribution >= 4 is 16.7 Å². The lowest BCUT2D eigenvalue weighted by Crippen LogP contribution is -2.22. The molecule has 0 aliphatic rings. The molecule has 2 aromatic rings. The van der Waals surface area contributed by atoms with E-state index in [1.165, 1.54) is 28.8 Å². The van der Waals surface area contributed by atoms with Gasteiger partial charge >= 0.3 is 0 Å². The second-order valence-corrected chi connectivity index (χ2v) is 5.11. The molecule has 0 spiro atoms. The summed E-state index contributed by atoms with van der Waals surface area (Å²) >= 11 is 0. The molecule has 2 aromatic carbocycles. The van der Waals surface area contributed by atoms with Crippen LogP contribution in [0.1, 0.15) is 18.1 Å². The van der Waals surface area contributed by atoms with Crippen LogP contribution in [0.3, 0.4) is 0 Å². The number of rotatable bonds is 6. The third-order valence-corrected chi connectivity index (χ3v) is 3.51. The maximum Gasteiger partial charge on any atom is 0.216 e. The fourth-order valence-corrected chi connectivity index (χ4v) is 2.50. The van der Waals surface area contributed by atoms with E-state index in [1.54, 1.807) is 7.11 Å². The molecule has 0 unspecified atom stereocenters. The lowest BCUT2D eigenvalue weighted by atomic mass is 9.97. The van der Waals surface area contributed by atoms with Gasteiger partial charge in [0.25, 0.3) is 0 Å². The number of hydrogen-bond donors (Lipinski definition) is 2.